The number of ether oxygens (including phenoxy) is 1. The first-order valence-electron chi connectivity index (χ1n) is 8.68. The average molecular weight is 324 g/mol. The third kappa shape index (κ3) is 2.60. The first kappa shape index (κ1) is 15.6. The Morgan fingerprint density at radius 1 is 1.42 bits per heavy atom. The van der Waals surface area contributed by atoms with E-state index in [1.165, 1.54) is 6.42 Å². The van der Waals surface area contributed by atoms with Crippen molar-refractivity contribution in [2.24, 2.45) is 11.8 Å². The Morgan fingerprint density at radius 3 is 3.00 bits per heavy atom. The zero-order valence-corrected chi connectivity index (χ0v) is 14.1. The third-order valence-electron chi connectivity index (χ3n) is 5.77. The van der Waals surface area contributed by atoms with Gasteiger partial charge in [0.1, 0.15) is 5.75 Å². The topological polar surface area (TPSA) is 45.6 Å². The molecule has 3 aliphatic rings. The van der Waals surface area contributed by atoms with Crippen LogP contribution in [0, 0.1) is 11.8 Å². The van der Waals surface area contributed by atoms with Gasteiger partial charge in [0.2, 0.25) is 0 Å². The van der Waals surface area contributed by atoms with Gasteiger partial charge in [0, 0.05) is 29.7 Å². The highest BCUT2D eigenvalue weighted by Gasteiger charge is 2.42. The summed E-state index contributed by atoms with van der Waals surface area (Å²) in [5, 5.41) is 12.0. The molecule has 0 aliphatic carbocycles. The van der Waals surface area contributed by atoms with E-state index in [4.69, 9.17) is 4.74 Å². The van der Waals surface area contributed by atoms with Crippen molar-refractivity contribution in [3.63, 3.8) is 0 Å². The van der Waals surface area contributed by atoms with E-state index in [1.807, 2.05) is 30.5 Å². The molecule has 4 nitrogen and oxygen atoms in total. The van der Waals surface area contributed by atoms with Crippen LogP contribution in [0.2, 0.25) is 0 Å². The first-order valence-corrected chi connectivity index (χ1v) is 8.68. The third-order valence-corrected chi connectivity index (χ3v) is 5.77. The minimum atomic E-state index is -0.498. The number of fused-ring (bicyclic) bond motifs is 4. The first-order chi connectivity index (χ1) is 11.7. The van der Waals surface area contributed by atoms with E-state index in [-0.39, 0.29) is 6.04 Å². The Hall–Kier alpha value is -1.91. The summed E-state index contributed by atoms with van der Waals surface area (Å²) in [4.78, 5) is 6.94. The van der Waals surface area contributed by atoms with Gasteiger partial charge in [-0.3, -0.25) is 9.88 Å². The Labute approximate surface area is 142 Å². The summed E-state index contributed by atoms with van der Waals surface area (Å²) in [6, 6.07) is 8.06. The van der Waals surface area contributed by atoms with Crippen LogP contribution >= 0.6 is 0 Å². The lowest BCUT2D eigenvalue weighted by Crippen LogP contribution is -2.54. The second-order valence-electron chi connectivity index (χ2n) is 7.02. The van der Waals surface area contributed by atoms with Crippen LogP contribution in [0.25, 0.3) is 10.9 Å². The molecule has 2 aromatic rings. The molecule has 2 bridgehead atoms. The minimum Gasteiger partial charge on any atom is -0.497 e. The number of aliphatic hydroxyl groups is 1. The molecule has 0 radical (unpaired) electrons. The van der Waals surface area contributed by atoms with Crippen LogP contribution in [-0.4, -0.2) is 41.2 Å². The molecule has 4 heterocycles. The number of pyridine rings is 1. The lowest BCUT2D eigenvalue weighted by Gasteiger charge is -2.50. The maximum absolute atomic E-state index is 11.0. The van der Waals surface area contributed by atoms with Gasteiger partial charge in [0.15, 0.2) is 0 Å². The maximum atomic E-state index is 11.0. The van der Waals surface area contributed by atoms with Gasteiger partial charge in [0.05, 0.1) is 18.7 Å². The fourth-order valence-electron chi connectivity index (χ4n) is 4.34. The molecule has 1 aromatic heterocycles. The van der Waals surface area contributed by atoms with Crippen LogP contribution in [0.1, 0.15) is 24.5 Å². The minimum absolute atomic E-state index is 0.185. The van der Waals surface area contributed by atoms with Crippen molar-refractivity contribution in [3.05, 3.63) is 48.7 Å². The molecule has 0 amide bonds. The molecular weight excluding hydrogens is 300 g/mol. The Bertz CT molecular complexity index is 760. The summed E-state index contributed by atoms with van der Waals surface area (Å²) in [6.45, 7) is 6.06. The van der Waals surface area contributed by atoms with Crippen molar-refractivity contribution in [2.45, 2.75) is 25.0 Å². The zero-order valence-electron chi connectivity index (χ0n) is 14.1. The predicted molar refractivity (Wildman–Crippen MR) is 95.0 cm³/mol. The van der Waals surface area contributed by atoms with E-state index in [0.717, 1.165) is 41.7 Å². The molecule has 24 heavy (non-hydrogen) atoms. The number of hydrogen-bond acceptors (Lipinski definition) is 4. The fourth-order valence-corrected chi connectivity index (χ4v) is 4.34. The molecule has 0 spiro atoms. The molecule has 5 atom stereocenters. The number of piperidine rings is 3. The normalized spacial score (nSPS) is 30.2. The van der Waals surface area contributed by atoms with Gasteiger partial charge in [-0.25, -0.2) is 0 Å². The molecule has 0 saturated carbocycles. The van der Waals surface area contributed by atoms with Gasteiger partial charge in [-0.15, -0.1) is 6.58 Å². The summed E-state index contributed by atoms with van der Waals surface area (Å²) >= 11 is 0. The van der Waals surface area contributed by atoms with Gasteiger partial charge in [-0.1, -0.05) is 6.08 Å². The monoisotopic (exact) mass is 324 g/mol. The molecule has 126 valence electrons. The highest BCUT2D eigenvalue weighted by molar-refractivity contribution is 5.80. The molecule has 4 heteroatoms. The quantitative estimate of drug-likeness (QED) is 0.878. The molecule has 3 aliphatic heterocycles. The van der Waals surface area contributed by atoms with Crippen LogP contribution < -0.4 is 4.74 Å². The average Bonchev–Trinajstić information content (AvgIpc) is 2.66. The van der Waals surface area contributed by atoms with Gasteiger partial charge in [0.25, 0.3) is 0 Å². The fraction of sp³-hybridized carbons (Fsp3) is 0.450. The smallest absolute Gasteiger partial charge is 0.119 e. The van der Waals surface area contributed by atoms with Crippen molar-refractivity contribution in [2.75, 3.05) is 20.2 Å². The van der Waals surface area contributed by atoms with Crippen molar-refractivity contribution in [1.29, 1.82) is 0 Å². The largest absolute Gasteiger partial charge is 0.497 e. The number of nitrogens with zero attached hydrogens (tertiary/aromatic N) is 2. The van der Waals surface area contributed by atoms with Gasteiger partial charge in [-0.05, 0) is 55.5 Å². The van der Waals surface area contributed by atoms with Crippen LogP contribution in [0.15, 0.2) is 43.1 Å². The standard InChI is InChI=1S/C20H24N2O2/c1-3-13-12-22-7-6-14(13)10-19(22)20(23)16-8-15-9-17(24-2)4-5-18(15)21-11-16/h3-5,8-9,11,13-14,19-20,23H,1,6-7,10,12H2,2H3/t13-,14+,19-,20-/m1/s1. The number of rotatable bonds is 4. The summed E-state index contributed by atoms with van der Waals surface area (Å²) in [5.41, 5.74) is 1.81. The zero-order chi connectivity index (χ0) is 16.7. The number of aliphatic hydroxyl groups excluding tert-OH is 1. The molecule has 1 N–H and O–H groups in total. The van der Waals surface area contributed by atoms with Crippen LogP contribution in [0.4, 0.5) is 0 Å². The number of methoxy groups -OCH3 is 1. The summed E-state index contributed by atoms with van der Waals surface area (Å²) in [7, 11) is 1.66. The van der Waals surface area contributed by atoms with Gasteiger partial charge >= 0.3 is 0 Å². The number of benzene rings is 1. The Morgan fingerprint density at radius 2 is 2.29 bits per heavy atom. The highest BCUT2D eigenvalue weighted by Crippen LogP contribution is 2.41. The van der Waals surface area contributed by atoms with Crippen LogP contribution in [-0.2, 0) is 0 Å². The molecule has 5 rings (SSSR count). The van der Waals surface area contributed by atoms with Crippen molar-refractivity contribution < 1.29 is 9.84 Å². The second-order valence-corrected chi connectivity index (χ2v) is 7.02. The summed E-state index contributed by atoms with van der Waals surface area (Å²) < 4.78 is 5.30. The van der Waals surface area contributed by atoms with Crippen LogP contribution in [0.5, 0.6) is 5.75 Å². The van der Waals surface area contributed by atoms with E-state index in [9.17, 15) is 5.11 Å². The van der Waals surface area contributed by atoms with Crippen molar-refractivity contribution in [3.8, 4) is 5.75 Å². The summed E-state index contributed by atoms with van der Waals surface area (Å²) in [6.07, 6.45) is 5.65. The van der Waals surface area contributed by atoms with Gasteiger partial charge in [-0.2, -0.15) is 0 Å². The molecule has 1 aromatic carbocycles. The second kappa shape index (κ2) is 6.19. The Kier molecular flexibility index (Phi) is 4.02. The number of aromatic nitrogens is 1. The lowest BCUT2D eigenvalue weighted by atomic mass is 9.74. The summed E-state index contributed by atoms with van der Waals surface area (Å²) in [5.74, 6) is 2.03. The van der Waals surface area contributed by atoms with E-state index < -0.39 is 6.10 Å². The number of hydrogen-bond donors (Lipinski definition) is 1. The van der Waals surface area contributed by atoms with Crippen LogP contribution in [0.3, 0.4) is 0 Å². The van der Waals surface area contributed by atoms with E-state index in [2.05, 4.69) is 22.5 Å². The SMILES string of the molecule is C=C[C@@H]1CN2CC[C@H]1C[C@@H]2[C@H](O)c1cnc2ccc(OC)cc2c1. The molecule has 3 saturated heterocycles. The molecule has 3 fully saturated rings. The molecular formula is C20H24N2O2. The van der Waals surface area contributed by atoms with E-state index in [1.54, 1.807) is 7.11 Å². The van der Waals surface area contributed by atoms with E-state index >= 15 is 0 Å². The highest BCUT2D eigenvalue weighted by atomic mass is 16.5. The van der Waals surface area contributed by atoms with Gasteiger partial charge < -0.3 is 9.84 Å². The lowest BCUT2D eigenvalue weighted by molar-refractivity contribution is -0.0449. The maximum Gasteiger partial charge on any atom is 0.119 e. The Balaban J connectivity index is 1.61. The van der Waals surface area contributed by atoms with Crippen molar-refractivity contribution >= 4 is 10.9 Å². The van der Waals surface area contributed by atoms with Crippen molar-refractivity contribution in [1.82, 2.24) is 9.88 Å². The predicted octanol–water partition coefficient (Wildman–Crippen LogP) is 3.17. The van der Waals surface area contributed by atoms with E-state index in [0.29, 0.717) is 11.8 Å². The molecule has 1 unspecified atom stereocenters.